The van der Waals surface area contributed by atoms with Gasteiger partial charge in [0.1, 0.15) is 5.69 Å². The zero-order valence-electron chi connectivity index (χ0n) is 11.4. The van der Waals surface area contributed by atoms with Crippen LogP contribution in [0.5, 0.6) is 0 Å². The molecule has 2 fully saturated rings. The summed E-state index contributed by atoms with van der Waals surface area (Å²) in [4.78, 5) is 12.7. The van der Waals surface area contributed by atoms with Gasteiger partial charge in [0, 0.05) is 32.0 Å². The van der Waals surface area contributed by atoms with Gasteiger partial charge in [0.15, 0.2) is 5.79 Å². The Morgan fingerprint density at radius 3 is 2.52 bits per heavy atom. The van der Waals surface area contributed by atoms with Crippen molar-refractivity contribution in [1.82, 2.24) is 0 Å². The zero-order chi connectivity index (χ0) is 14.9. The van der Waals surface area contributed by atoms with Gasteiger partial charge in [0.05, 0.1) is 29.8 Å². The molecular formula is C14H15N3O4. The van der Waals surface area contributed by atoms with Gasteiger partial charge in [0.2, 0.25) is 0 Å². The maximum atomic E-state index is 11.2. The molecule has 7 nitrogen and oxygen atoms in total. The number of anilines is 1. The molecule has 0 saturated carbocycles. The highest BCUT2D eigenvalue weighted by molar-refractivity contribution is 5.66. The number of hydrogen-bond acceptors (Lipinski definition) is 6. The molecule has 0 atom stereocenters. The Bertz CT molecular complexity index is 595. The highest BCUT2D eigenvalue weighted by Crippen LogP contribution is 2.36. The molecule has 2 aliphatic heterocycles. The zero-order valence-corrected chi connectivity index (χ0v) is 11.4. The lowest BCUT2D eigenvalue weighted by molar-refractivity contribution is -0.384. The molecule has 7 heteroatoms. The summed E-state index contributed by atoms with van der Waals surface area (Å²) >= 11 is 0. The van der Waals surface area contributed by atoms with E-state index in [0.717, 1.165) is 0 Å². The summed E-state index contributed by atoms with van der Waals surface area (Å²) in [6, 6.07) is 6.46. The molecule has 1 aromatic carbocycles. The number of nitro benzene ring substituents is 1. The molecule has 3 rings (SSSR count). The van der Waals surface area contributed by atoms with Gasteiger partial charge in [-0.25, -0.2) is 0 Å². The summed E-state index contributed by atoms with van der Waals surface area (Å²) in [6.07, 6.45) is 1.34. The van der Waals surface area contributed by atoms with Crippen LogP contribution in [0.2, 0.25) is 0 Å². The highest BCUT2D eigenvalue weighted by Gasteiger charge is 2.40. The summed E-state index contributed by atoms with van der Waals surface area (Å²) in [5.74, 6) is -0.516. The molecule has 2 heterocycles. The highest BCUT2D eigenvalue weighted by atomic mass is 16.7. The van der Waals surface area contributed by atoms with Crippen molar-refractivity contribution in [3.05, 3.63) is 33.9 Å². The average molecular weight is 289 g/mol. The fourth-order valence-electron chi connectivity index (χ4n) is 2.87. The summed E-state index contributed by atoms with van der Waals surface area (Å²) in [7, 11) is 0. The number of nitro groups is 1. The SMILES string of the molecule is N#Cc1ccc([N+](=O)[O-])c(N2CCC3(CC2)OCCO3)c1. The lowest BCUT2D eigenvalue weighted by Crippen LogP contribution is -2.45. The predicted octanol–water partition coefficient (Wildman–Crippen LogP) is 1.81. The smallest absolute Gasteiger partial charge is 0.292 e. The molecule has 0 bridgehead atoms. The standard InChI is InChI=1S/C14H15N3O4/c15-10-11-1-2-12(17(18)19)13(9-11)16-5-3-14(4-6-16)20-7-8-21-14/h1-2,9H,3-8H2. The first-order valence-corrected chi connectivity index (χ1v) is 6.85. The van der Waals surface area contributed by atoms with Crippen LogP contribution in [-0.2, 0) is 9.47 Å². The second-order valence-corrected chi connectivity index (χ2v) is 5.17. The Morgan fingerprint density at radius 2 is 1.95 bits per heavy atom. The Kier molecular flexibility index (Phi) is 3.49. The second-order valence-electron chi connectivity index (χ2n) is 5.17. The molecule has 2 saturated heterocycles. The van der Waals surface area contributed by atoms with E-state index in [2.05, 4.69) is 0 Å². The second kappa shape index (κ2) is 5.31. The van der Waals surface area contributed by atoms with Gasteiger partial charge in [0.25, 0.3) is 5.69 Å². The van der Waals surface area contributed by atoms with E-state index in [1.54, 1.807) is 6.07 Å². The van der Waals surface area contributed by atoms with Gasteiger partial charge in [-0.2, -0.15) is 5.26 Å². The van der Waals surface area contributed by atoms with E-state index in [9.17, 15) is 10.1 Å². The number of piperidine rings is 1. The number of nitrogens with zero attached hydrogens (tertiary/aromatic N) is 3. The Balaban J connectivity index is 1.84. The number of ether oxygens (including phenoxy) is 2. The van der Waals surface area contributed by atoms with E-state index in [1.165, 1.54) is 12.1 Å². The van der Waals surface area contributed by atoms with Gasteiger partial charge >= 0.3 is 0 Å². The van der Waals surface area contributed by atoms with E-state index in [0.29, 0.717) is 50.4 Å². The monoisotopic (exact) mass is 289 g/mol. The van der Waals surface area contributed by atoms with Crippen LogP contribution in [0.1, 0.15) is 18.4 Å². The lowest BCUT2D eigenvalue weighted by Gasteiger charge is -2.38. The van der Waals surface area contributed by atoms with E-state index < -0.39 is 10.7 Å². The third-order valence-electron chi connectivity index (χ3n) is 3.98. The Morgan fingerprint density at radius 1 is 1.29 bits per heavy atom. The van der Waals surface area contributed by atoms with Crippen molar-refractivity contribution in [2.24, 2.45) is 0 Å². The van der Waals surface area contributed by atoms with Crippen LogP contribution in [0.3, 0.4) is 0 Å². The molecule has 1 aromatic rings. The van der Waals surface area contributed by atoms with E-state index in [-0.39, 0.29) is 5.69 Å². The lowest BCUT2D eigenvalue weighted by atomic mass is 10.0. The van der Waals surface area contributed by atoms with Crippen molar-refractivity contribution in [2.45, 2.75) is 18.6 Å². The number of hydrogen-bond donors (Lipinski definition) is 0. The van der Waals surface area contributed by atoms with Crippen LogP contribution in [0.4, 0.5) is 11.4 Å². The van der Waals surface area contributed by atoms with Crippen LogP contribution in [0, 0.1) is 21.4 Å². The van der Waals surface area contributed by atoms with Gasteiger partial charge in [-0.05, 0) is 12.1 Å². The fraction of sp³-hybridized carbons (Fsp3) is 0.500. The van der Waals surface area contributed by atoms with Crippen molar-refractivity contribution < 1.29 is 14.4 Å². The van der Waals surface area contributed by atoms with E-state index in [1.807, 2.05) is 11.0 Å². The molecule has 0 aromatic heterocycles. The molecule has 0 aliphatic carbocycles. The van der Waals surface area contributed by atoms with Gasteiger partial charge in [-0.3, -0.25) is 10.1 Å². The summed E-state index contributed by atoms with van der Waals surface area (Å²) in [5.41, 5.74) is 0.939. The van der Waals surface area contributed by atoms with E-state index >= 15 is 0 Å². The van der Waals surface area contributed by atoms with Crippen molar-refractivity contribution in [2.75, 3.05) is 31.2 Å². The minimum atomic E-state index is -0.516. The van der Waals surface area contributed by atoms with Crippen LogP contribution < -0.4 is 4.90 Å². The summed E-state index contributed by atoms with van der Waals surface area (Å²) in [5, 5.41) is 20.1. The first-order chi connectivity index (χ1) is 10.1. The first-order valence-electron chi connectivity index (χ1n) is 6.85. The van der Waals surface area contributed by atoms with Crippen molar-refractivity contribution in [3.8, 4) is 6.07 Å². The van der Waals surface area contributed by atoms with E-state index in [4.69, 9.17) is 14.7 Å². The van der Waals surface area contributed by atoms with Gasteiger partial charge in [-0.15, -0.1) is 0 Å². The quantitative estimate of drug-likeness (QED) is 0.609. The molecule has 0 unspecified atom stereocenters. The maximum Gasteiger partial charge on any atom is 0.292 e. The topological polar surface area (TPSA) is 88.6 Å². The van der Waals surface area contributed by atoms with Gasteiger partial charge in [-0.1, -0.05) is 0 Å². The maximum absolute atomic E-state index is 11.2. The van der Waals surface area contributed by atoms with Crippen LogP contribution in [0.25, 0.3) is 0 Å². The minimum absolute atomic E-state index is 0.0261. The molecule has 0 radical (unpaired) electrons. The molecule has 110 valence electrons. The molecule has 0 N–H and O–H groups in total. The molecule has 1 spiro atoms. The first kappa shape index (κ1) is 13.8. The number of nitriles is 1. The normalized spacial score (nSPS) is 20.4. The van der Waals surface area contributed by atoms with Crippen LogP contribution in [0.15, 0.2) is 18.2 Å². The fourth-order valence-corrected chi connectivity index (χ4v) is 2.87. The van der Waals surface area contributed by atoms with Crippen LogP contribution >= 0.6 is 0 Å². The summed E-state index contributed by atoms with van der Waals surface area (Å²) < 4.78 is 11.3. The third kappa shape index (κ3) is 2.55. The molecule has 21 heavy (non-hydrogen) atoms. The van der Waals surface area contributed by atoms with Crippen molar-refractivity contribution >= 4 is 11.4 Å². The molecular weight excluding hydrogens is 274 g/mol. The number of benzene rings is 1. The Hall–Kier alpha value is -2.17. The molecule has 0 amide bonds. The Labute approximate surface area is 121 Å². The minimum Gasteiger partial charge on any atom is -0.366 e. The third-order valence-corrected chi connectivity index (χ3v) is 3.98. The molecule has 2 aliphatic rings. The van der Waals surface area contributed by atoms with Crippen molar-refractivity contribution in [1.29, 1.82) is 5.26 Å². The van der Waals surface area contributed by atoms with Gasteiger partial charge < -0.3 is 14.4 Å². The number of rotatable bonds is 2. The van der Waals surface area contributed by atoms with Crippen molar-refractivity contribution in [3.63, 3.8) is 0 Å². The average Bonchev–Trinajstić information content (AvgIpc) is 2.95. The van der Waals surface area contributed by atoms with Crippen LogP contribution in [-0.4, -0.2) is 37.0 Å². The predicted molar refractivity (Wildman–Crippen MR) is 73.9 cm³/mol. The summed E-state index contributed by atoms with van der Waals surface area (Å²) in [6.45, 7) is 2.42. The largest absolute Gasteiger partial charge is 0.366 e.